The second-order valence-corrected chi connectivity index (χ2v) is 5.07. The summed E-state index contributed by atoms with van der Waals surface area (Å²) in [5, 5.41) is 8.57. The molecule has 0 aliphatic carbocycles. The highest BCUT2D eigenvalue weighted by Gasteiger charge is 2.17. The number of carbonyl (C=O) groups excluding carboxylic acids is 1. The Hall–Kier alpha value is -1.95. The van der Waals surface area contributed by atoms with Gasteiger partial charge in [0.05, 0.1) is 6.42 Å². The highest BCUT2D eigenvalue weighted by Crippen LogP contribution is 2.24. The molecule has 6 heteroatoms. The fourth-order valence-electron chi connectivity index (χ4n) is 2.32. The van der Waals surface area contributed by atoms with Gasteiger partial charge in [0, 0.05) is 12.1 Å². The molecule has 0 spiro atoms. The number of aromatic nitrogens is 3. The Morgan fingerprint density at radius 1 is 1.26 bits per heavy atom. The van der Waals surface area contributed by atoms with Gasteiger partial charge in [-0.1, -0.05) is 12.1 Å². The van der Waals surface area contributed by atoms with Gasteiger partial charge in [0.25, 0.3) is 0 Å². The lowest BCUT2D eigenvalue weighted by atomic mass is 10.0. The van der Waals surface area contributed by atoms with E-state index in [2.05, 4.69) is 32.6 Å². The lowest BCUT2D eigenvalue weighted by Crippen LogP contribution is -2.03. The number of aromatic amines is 2. The van der Waals surface area contributed by atoms with Crippen LogP contribution in [0.1, 0.15) is 23.4 Å². The molecule has 0 radical (unpaired) electrons. The van der Waals surface area contributed by atoms with Crippen molar-refractivity contribution in [3.05, 3.63) is 39.9 Å². The van der Waals surface area contributed by atoms with E-state index in [0.29, 0.717) is 11.2 Å². The minimum atomic E-state index is 0.0799. The van der Waals surface area contributed by atoms with Gasteiger partial charge in [-0.2, -0.15) is 0 Å². The number of nitrogens with one attached hydrogen (secondary N) is 3. The van der Waals surface area contributed by atoms with Crippen LogP contribution in [-0.4, -0.2) is 21.1 Å². The molecule has 0 unspecified atom stereocenters. The van der Waals surface area contributed by atoms with E-state index >= 15 is 0 Å². The van der Waals surface area contributed by atoms with Crippen LogP contribution in [0, 0.1) is 4.77 Å². The van der Waals surface area contributed by atoms with Crippen molar-refractivity contribution in [2.45, 2.75) is 25.7 Å². The third kappa shape index (κ3) is 2.73. The van der Waals surface area contributed by atoms with Crippen molar-refractivity contribution in [1.29, 1.82) is 0 Å². The molecule has 0 atom stereocenters. The van der Waals surface area contributed by atoms with Crippen molar-refractivity contribution < 1.29 is 4.79 Å². The highest BCUT2D eigenvalue weighted by molar-refractivity contribution is 7.71. The molecule has 1 aromatic heterocycles. The van der Waals surface area contributed by atoms with E-state index in [9.17, 15) is 4.79 Å². The van der Waals surface area contributed by atoms with Crippen molar-refractivity contribution in [3.8, 4) is 0 Å². The number of nitrogens with zero attached hydrogens (tertiary/aromatic N) is 1. The normalized spacial score (nSPS) is 13.4. The molecule has 2 aromatic rings. The number of hydrogen-bond acceptors (Lipinski definition) is 3. The molecule has 98 valence electrons. The maximum atomic E-state index is 11.3. The SMILES string of the molecule is O=C1Cc2cc(CCCc3nc(=S)[nH][nH]3)ccc2N1. The molecular weight excluding hydrogens is 260 g/mol. The summed E-state index contributed by atoms with van der Waals surface area (Å²) < 4.78 is 0.497. The van der Waals surface area contributed by atoms with Crippen molar-refractivity contribution >= 4 is 23.8 Å². The summed E-state index contributed by atoms with van der Waals surface area (Å²) in [7, 11) is 0. The number of benzene rings is 1. The van der Waals surface area contributed by atoms with E-state index < -0.39 is 0 Å². The van der Waals surface area contributed by atoms with Gasteiger partial charge in [0.2, 0.25) is 10.7 Å². The van der Waals surface area contributed by atoms with E-state index in [1.165, 1.54) is 5.56 Å². The van der Waals surface area contributed by atoms with Gasteiger partial charge in [-0.15, -0.1) is 0 Å². The summed E-state index contributed by atoms with van der Waals surface area (Å²) in [6.07, 6.45) is 3.32. The predicted molar refractivity (Wildman–Crippen MR) is 74.6 cm³/mol. The van der Waals surface area contributed by atoms with Crippen LogP contribution in [0.3, 0.4) is 0 Å². The molecule has 19 heavy (non-hydrogen) atoms. The molecule has 2 heterocycles. The van der Waals surface area contributed by atoms with Crippen LogP contribution in [0.2, 0.25) is 0 Å². The number of rotatable bonds is 4. The molecule has 1 aliphatic heterocycles. The zero-order chi connectivity index (χ0) is 13.2. The lowest BCUT2D eigenvalue weighted by molar-refractivity contribution is -0.115. The zero-order valence-electron chi connectivity index (χ0n) is 10.3. The molecule has 0 bridgehead atoms. The molecule has 0 saturated heterocycles. The van der Waals surface area contributed by atoms with Crippen molar-refractivity contribution in [1.82, 2.24) is 15.2 Å². The molecule has 0 saturated carbocycles. The monoisotopic (exact) mass is 274 g/mol. The minimum absolute atomic E-state index is 0.0799. The van der Waals surface area contributed by atoms with Crippen molar-refractivity contribution in [2.24, 2.45) is 0 Å². The van der Waals surface area contributed by atoms with E-state index in [1.54, 1.807) is 0 Å². The lowest BCUT2D eigenvalue weighted by Gasteiger charge is -2.03. The number of fused-ring (bicyclic) bond motifs is 1. The summed E-state index contributed by atoms with van der Waals surface area (Å²) in [4.78, 5) is 15.4. The first kappa shape index (κ1) is 12.1. The predicted octanol–water partition coefficient (Wildman–Crippen LogP) is 2.14. The van der Waals surface area contributed by atoms with Crippen LogP contribution in [0.5, 0.6) is 0 Å². The Kier molecular flexibility index (Phi) is 3.16. The maximum absolute atomic E-state index is 11.3. The molecule has 1 aromatic carbocycles. The van der Waals surface area contributed by atoms with E-state index in [1.807, 2.05) is 6.07 Å². The Balaban J connectivity index is 1.60. The first-order valence-corrected chi connectivity index (χ1v) is 6.67. The van der Waals surface area contributed by atoms with Crippen LogP contribution < -0.4 is 5.32 Å². The Morgan fingerprint density at radius 2 is 2.16 bits per heavy atom. The Morgan fingerprint density at radius 3 is 2.95 bits per heavy atom. The molecule has 5 nitrogen and oxygen atoms in total. The molecule has 0 fully saturated rings. The van der Waals surface area contributed by atoms with Gasteiger partial charge in [0.1, 0.15) is 5.82 Å². The summed E-state index contributed by atoms with van der Waals surface area (Å²) >= 11 is 4.91. The van der Waals surface area contributed by atoms with Gasteiger partial charge in [0.15, 0.2) is 0 Å². The number of H-pyrrole nitrogens is 2. The van der Waals surface area contributed by atoms with E-state index in [0.717, 1.165) is 36.3 Å². The summed E-state index contributed by atoms with van der Waals surface area (Å²) in [6, 6.07) is 6.16. The zero-order valence-corrected chi connectivity index (χ0v) is 11.1. The highest BCUT2D eigenvalue weighted by atomic mass is 32.1. The number of hydrogen-bond donors (Lipinski definition) is 3. The molecule has 3 N–H and O–H groups in total. The van der Waals surface area contributed by atoms with Crippen LogP contribution in [-0.2, 0) is 24.1 Å². The van der Waals surface area contributed by atoms with Crippen molar-refractivity contribution in [3.63, 3.8) is 0 Å². The third-order valence-electron chi connectivity index (χ3n) is 3.22. The maximum Gasteiger partial charge on any atom is 0.228 e. The second kappa shape index (κ2) is 4.97. The Bertz CT molecular complexity index is 673. The van der Waals surface area contributed by atoms with Crippen LogP contribution >= 0.6 is 12.2 Å². The van der Waals surface area contributed by atoms with Gasteiger partial charge < -0.3 is 5.32 Å². The standard InChI is InChI=1S/C13H14N4OS/c18-12-7-9-6-8(4-5-10(9)14-12)2-1-3-11-15-13(19)17-16-11/h4-6H,1-3,7H2,(H,14,18)(H2,15,16,17,19). The average Bonchev–Trinajstić information content (AvgIpc) is 2.94. The molecule has 3 rings (SSSR count). The third-order valence-corrected chi connectivity index (χ3v) is 3.42. The molecule has 1 aliphatic rings. The number of anilines is 1. The number of carbonyl (C=O) groups is 1. The fraction of sp³-hybridized carbons (Fsp3) is 0.308. The average molecular weight is 274 g/mol. The summed E-state index contributed by atoms with van der Waals surface area (Å²) in [5.74, 6) is 0.972. The Labute approximate surface area is 115 Å². The van der Waals surface area contributed by atoms with Gasteiger partial charge >= 0.3 is 0 Å². The summed E-state index contributed by atoms with van der Waals surface area (Å²) in [6.45, 7) is 0. The first-order valence-electron chi connectivity index (χ1n) is 6.26. The molecular formula is C13H14N4OS. The van der Waals surface area contributed by atoms with Gasteiger partial charge in [-0.25, -0.2) is 4.98 Å². The van der Waals surface area contributed by atoms with Gasteiger partial charge in [-0.05, 0) is 42.3 Å². The molecule has 1 amide bonds. The number of aryl methyl sites for hydroxylation is 2. The summed E-state index contributed by atoms with van der Waals surface area (Å²) in [5.41, 5.74) is 3.30. The second-order valence-electron chi connectivity index (χ2n) is 4.68. The van der Waals surface area contributed by atoms with Crippen LogP contribution in [0.4, 0.5) is 5.69 Å². The van der Waals surface area contributed by atoms with E-state index in [4.69, 9.17) is 12.2 Å². The smallest absolute Gasteiger partial charge is 0.228 e. The minimum Gasteiger partial charge on any atom is -0.326 e. The van der Waals surface area contributed by atoms with Crippen LogP contribution in [0.15, 0.2) is 18.2 Å². The first-order chi connectivity index (χ1) is 9.20. The quantitative estimate of drug-likeness (QED) is 0.748. The van der Waals surface area contributed by atoms with Crippen molar-refractivity contribution in [2.75, 3.05) is 5.32 Å². The largest absolute Gasteiger partial charge is 0.326 e. The topological polar surface area (TPSA) is 73.6 Å². The van der Waals surface area contributed by atoms with Gasteiger partial charge in [-0.3, -0.25) is 15.0 Å². The number of amides is 1. The van der Waals surface area contributed by atoms with E-state index in [-0.39, 0.29) is 5.91 Å². The fourth-order valence-corrected chi connectivity index (χ4v) is 2.48. The van der Waals surface area contributed by atoms with Crippen LogP contribution in [0.25, 0.3) is 0 Å².